The van der Waals surface area contributed by atoms with E-state index < -0.39 is 23.7 Å². The van der Waals surface area contributed by atoms with Crippen molar-refractivity contribution in [2.24, 2.45) is 14.1 Å². The summed E-state index contributed by atoms with van der Waals surface area (Å²) in [5, 5.41) is 8.70. The fourth-order valence-electron chi connectivity index (χ4n) is 2.23. The molecular weight excluding hydrogens is 288 g/mol. The zero-order valence-electron chi connectivity index (χ0n) is 12.6. The van der Waals surface area contributed by atoms with Crippen LogP contribution in [0.25, 0.3) is 11.2 Å². The minimum Gasteiger partial charge on any atom is -0.328 e. The van der Waals surface area contributed by atoms with Crippen LogP contribution >= 0.6 is 0 Å². The highest BCUT2D eigenvalue weighted by Gasteiger charge is 2.19. The van der Waals surface area contributed by atoms with E-state index in [1.165, 1.54) is 27.4 Å². The van der Waals surface area contributed by atoms with Crippen LogP contribution < -0.4 is 11.2 Å². The van der Waals surface area contributed by atoms with Gasteiger partial charge in [0.2, 0.25) is 5.91 Å². The van der Waals surface area contributed by atoms with Crippen molar-refractivity contribution in [3.8, 4) is 6.07 Å². The second-order valence-electron chi connectivity index (χ2n) is 4.83. The van der Waals surface area contributed by atoms with E-state index in [0.717, 1.165) is 4.57 Å². The molecule has 2 heterocycles. The number of carbonyl (C=O) groups excluding carboxylic acids is 1. The first-order chi connectivity index (χ1) is 10.4. The zero-order valence-corrected chi connectivity index (χ0v) is 12.6. The van der Waals surface area contributed by atoms with Crippen LogP contribution in [-0.4, -0.2) is 42.6 Å². The maximum atomic E-state index is 12.4. The molecule has 9 heteroatoms. The molecule has 0 spiro atoms. The van der Waals surface area contributed by atoms with Crippen LogP contribution in [0.2, 0.25) is 0 Å². The highest BCUT2D eigenvalue weighted by molar-refractivity contribution is 5.77. The van der Waals surface area contributed by atoms with Crippen LogP contribution in [0.3, 0.4) is 0 Å². The maximum Gasteiger partial charge on any atom is 0.332 e. The molecular formula is C13H16N6O3. The summed E-state index contributed by atoms with van der Waals surface area (Å²) in [6.45, 7) is 1.57. The molecule has 0 aliphatic rings. The normalized spacial score (nSPS) is 10.6. The Kier molecular flexibility index (Phi) is 4.12. The van der Waals surface area contributed by atoms with Crippen LogP contribution in [0.15, 0.2) is 15.9 Å². The van der Waals surface area contributed by atoms with Gasteiger partial charge in [0.1, 0.15) is 13.1 Å². The topological polar surface area (TPSA) is 106 Å². The summed E-state index contributed by atoms with van der Waals surface area (Å²) < 4.78 is 3.60. The minimum atomic E-state index is -0.613. The van der Waals surface area contributed by atoms with E-state index in [0.29, 0.717) is 6.54 Å². The molecule has 22 heavy (non-hydrogen) atoms. The Morgan fingerprint density at radius 1 is 1.41 bits per heavy atom. The Labute approximate surface area is 125 Å². The van der Waals surface area contributed by atoms with Gasteiger partial charge < -0.3 is 9.47 Å². The number of nitrogens with zero attached hydrogens (tertiary/aromatic N) is 6. The number of hydrogen-bond donors (Lipinski definition) is 0. The highest BCUT2D eigenvalue weighted by Crippen LogP contribution is 2.03. The third kappa shape index (κ3) is 2.39. The molecule has 0 aromatic carbocycles. The van der Waals surface area contributed by atoms with Crippen LogP contribution in [0.5, 0.6) is 0 Å². The van der Waals surface area contributed by atoms with Crippen molar-refractivity contribution in [3.63, 3.8) is 0 Å². The third-order valence-corrected chi connectivity index (χ3v) is 3.49. The van der Waals surface area contributed by atoms with Crippen LogP contribution in [0.1, 0.15) is 6.92 Å². The molecule has 1 amide bonds. The van der Waals surface area contributed by atoms with Crippen molar-refractivity contribution in [2.75, 3.05) is 13.1 Å². The molecule has 2 rings (SSSR count). The summed E-state index contributed by atoms with van der Waals surface area (Å²) in [5.41, 5.74) is -0.666. The number of amides is 1. The van der Waals surface area contributed by atoms with Crippen LogP contribution in [0.4, 0.5) is 0 Å². The van der Waals surface area contributed by atoms with Crippen LogP contribution in [0, 0.1) is 11.3 Å². The lowest BCUT2D eigenvalue weighted by molar-refractivity contribution is -0.131. The van der Waals surface area contributed by atoms with E-state index in [1.807, 2.05) is 6.07 Å². The minimum absolute atomic E-state index is 0.0850. The summed E-state index contributed by atoms with van der Waals surface area (Å²) in [7, 11) is 3.13. The smallest absolute Gasteiger partial charge is 0.328 e. The van der Waals surface area contributed by atoms with Gasteiger partial charge in [-0.1, -0.05) is 0 Å². The zero-order chi connectivity index (χ0) is 16.4. The SMILES string of the molecule is CCN(CC#N)C(=O)Cn1c(=O)c2c(ncn2C)n(C)c1=O. The van der Waals surface area contributed by atoms with Gasteiger partial charge in [0.05, 0.1) is 12.4 Å². The summed E-state index contributed by atoms with van der Waals surface area (Å²) in [6, 6.07) is 1.88. The van der Waals surface area contributed by atoms with Gasteiger partial charge in [0.25, 0.3) is 5.56 Å². The largest absolute Gasteiger partial charge is 0.332 e. The van der Waals surface area contributed by atoms with Crippen molar-refractivity contribution >= 4 is 17.1 Å². The predicted molar refractivity (Wildman–Crippen MR) is 78.1 cm³/mol. The molecule has 0 bridgehead atoms. The van der Waals surface area contributed by atoms with Gasteiger partial charge >= 0.3 is 5.69 Å². The molecule has 2 aromatic rings. The van der Waals surface area contributed by atoms with Gasteiger partial charge in [-0.05, 0) is 6.92 Å². The van der Waals surface area contributed by atoms with Gasteiger partial charge in [0, 0.05) is 20.6 Å². The summed E-state index contributed by atoms with van der Waals surface area (Å²) in [4.78, 5) is 42.1. The number of aromatic nitrogens is 4. The lowest BCUT2D eigenvalue weighted by atomic mass is 10.4. The van der Waals surface area contributed by atoms with Gasteiger partial charge in [0.15, 0.2) is 11.2 Å². The van der Waals surface area contributed by atoms with Crippen molar-refractivity contribution in [1.29, 1.82) is 5.26 Å². The molecule has 0 atom stereocenters. The standard InChI is InChI=1S/C13H16N6O3/c1-4-18(6-5-14)9(20)7-19-12(21)10-11(15-8-16(10)2)17(3)13(19)22/h8H,4,6-7H2,1-3H3. The second kappa shape index (κ2) is 5.85. The molecule has 0 radical (unpaired) electrons. The number of fused-ring (bicyclic) bond motifs is 1. The molecule has 0 N–H and O–H groups in total. The summed E-state index contributed by atoms with van der Waals surface area (Å²) in [6.07, 6.45) is 1.44. The van der Waals surface area contributed by atoms with Crippen molar-refractivity contribution < 1.29 is 4.79 Å². The number of likely N-dealkylation sites (N-methyl/N-ethyl adjacent to an activating group) is 1. The second-order valence-corrected chi connectivity index (χ2v) is 4.83. The summed E-state index contributed by atoms with van der Waals surface area (Å²) >= 11 is 0. The molecule has 0 saturated heterocycles. The molecule has 0 saturated carbocycles. The van der Waals surface area contributed by atoms with Gasteiger partial charge in [-0.15, -0.1) is 0 Å². The quantitative estimate of drug-likeness (QED) is 0.660. The number of imidazole rings is 1. The Bertz CT molecular complexity index is 882. The Morgan fingerprint density at radius 3 is 2.68 bits per heavy atom. The third-order valence-electron chi connectivity index (χ3n) is 3.49. The average molecular weight is 304 g/mol. The fraction of sp³-hybridized carbons (Fsp3) is 0.462. The predicted octanol–water partition coefficient (Wildman–Crippen LogP) is -1.19. The monoisotopic (exact) mass is 304 g/mol. The molecule has 0 fully saturated rings. The first-order valence-corrected chi connectivity index (χ1v) is 6.67. The first-order valence-electron chi connectivity index (χ1n) is 6.67. The number of nitriles is 1. The van der Waals surface area contributed by atoms with Crippen molar-refractivity contribution in [2.45, 2.75) is 13.5 Å². The highest BCUT2D eigenvalue weighted by atomic mass is 16.2. The molecule has 2 aromatic heterocycles. The van der Waals surface area contributed by atoms with E-state index in [4.69, 9.17) is 5.26 Å². The lowest BCUT2D eigenvalue weighted by Crippen LogP contribution is -2.44. The number of rotatable bonds is 4. The lowest BCUT2D eigenvalue weighted by Gasteiger charge is -2.17. The maximum absolute atomic E-state index is 12.4. The number of aryl methyl sites for hydroxylation is 2. The van der Waals surface area contributed by atoms with Crippen molar-refractivity contribution in [1.82, 2.24) is 23.6 Å². The fourth-order valence-corrected chi connectivity index (χ4v) is 2.23. The van der Waals surface area contributed by atoms with E-state index in [1.54, 1.807) is 14.0 Å². The molecule has 116 valence electrons. The van der Waals surface area contributed by atoms with Gasteiger partial charge in [-0.25, -0.2) is 14.3 Å². The average Bonchev–Trinajstić information content (AvgIpc) is 2.88. The van der Waals surface area contributed by atoms with Gasteiger partial charge in [-0.2, -0.15) is 5.26 Å². The molecule has 0 aliphatic carbocycles. The molecule has 0 unspecified atom stereocenters. The van der Waals surface area contributed by atoms with Gasteiger partial charge in [-0.3, -0.25) is 14.2 Å². The van der Waals surface area contributed by atoms with E-state index in [2.05, 4.69) is 4.98 Å². The van der Waals surface area contributed by atoms with Crippen LogP contribution in [-0.2, 0) is 25.4 Å². The van der Waals surface area contributed by atoms with E-state index in [9.17, 15) is 14.4 Å². The van der Waals surface area contributed by atoms with Crippen molar-refractivity contribution in [3.05, 3.63) is 27.2 Å². The van der Waals surface area contributed by atoms with E-state index >= 15 is 0 Å². The first kappa shape index (κ1) is 15.5. The number of carbonyl (C=O) groups is 1. The molecule has 9 nitrogen and oxygen atoms in total. The molecule has 0 aliphatic heterocycles. The van der Waals surface area contributed by atoms with E-state index in [-0.39, 0.29) is 17.7 Å². The summed E-state index contributed by atoms with van der Waals surface area (Å²) in [5.74, 6) is -0.454. The Morgan fingerprint density at radius 2 is 2.09 bits per heavy atom. The Hall–Kier alpha value is -2.89. The Balaban J connectivity index is 2.55. The number of hydrogen-bond acceptors (Lipinski definition) is 5.